The predicted molar refractivity (Wildman–Crippen MR) is 84.2 cm³/mol. The Labute approximate surface area is 126 Å². The van der Waals surface area contributed by atoms with Crippen molar-refractivity contribution in [1.29, 1.82) is 0 Å². The minimum atomic E-state index is -0.176. The van der Waals surface area contributed by atoms with Crippen LogP contribution in [0.1, 0.15) is 38.3 Å². The van der Waals surface area contributed by atoms with Crippen molar-refractivity contribution >= 4 is 11.7 Å². The van der Waals surface area contributed by atoms with Gasteiger partial charge in [0.05, 0.1) is 0 Å². The molecule has 0 spiro atoms. The Morgan fingerprint density at radius 2 is 2.14 bits per heavy atom. The van der Waals surface area contributed by atoms with E-state index in [0.717, 1.165) is 37.3 Å². The number of ether oxygens (including phenoxy) is 1. The van der Waals surface area contributed by atoms with E-state index < -0.39 is 0 Å². The molecule has 1 saturated heterocycles. The number of nitrogens with two attached hydrogens (primary N) is 1. The van der Waals surface area contributed by atoms with Gasteiger partial charge in [-0.15, -0.1) is 0 Å². The summed E-state index contributed by atoms with van der Waals surface area (Å²) in [5.41, 5.74) is 7.74. The average Bonchev–Trinajstić information content (AvgIpc) is 2.46. The molecule has 21 heavy (non-hydrogen) atoms. The van der Waals surface area contributed by atoms with Crippen molar-refractivity contribution in [3.8, 4) is 0 Å². The molecule has 5 heteroatoms. The lowest BCUT2D eigenvalue weighted by Crippen LogP contribution is -2.41. The van der Waals surface area contributed by atoms with Crippen molar-refractivity contribution in [1.82, 2.24) is 5.32 Å². The molecule has 5 nitrogen and oxygen atoms in total. The molecular formula is C16H25N3O2. The van der Waals surface area contributed by atoms with Gasteiger partial charge >= 0.3 is 6.03 Å². The number of urea groups is 1. The van der Waals surface area contributed by atoms with Crippen molar-refractivity contribution in [2.45, 2.75) is 32.7 Å². The maximum Gasteiger partial charge on any atom is 0.319 e. The van der Waals surface area contributed by atoms with Crippen LogP contribution in [-0.4, -0.2) is 25.8 Å². The summed E-state index contributed by atoms with van der Waals surface area (Å²) in [5.74, 6) is 0. The van der Waals surface area contributed by atoms with Gasteiger partial charge in [0.15, 0.2) is 0 Å². The maximum absolute atomic E-state index is 12.0. The molecule has 1 heterocycles. The lowest BCUT2D eigenvalue weighted by Gasteiger charge is -2.33. The molecule has 1 aromatic rings. The van der Waals surface area contributed by atoms with E-state index in [1.807, 2.05) is 31.2 Å². The van der Waals surface area contributed by atoms with Crippen LogP contribution in [0.5, 0.6) is 0 Å². The number of hydrogen-bond acceptors (Lipinski definition) is 3. The molecule has 0 radical (unpaired) electrons. The molecule has 2 rings (SSSR count). The third kappa shape index (κ3) is 4.72. The van der Waals surface area contributed by atoms with Crippen LogP contribution in [0.3, 0.4) is 0 Å². The molecule has 1 aromatic carbocycles. The molecule has 1 aliphatic heterocycles. The second-order valence-electron chi connectivity index (χ2n) is 6.14. The second-order valence-corrected chi connectivity index (χ2v) is 6.14. The van der Waals surface area contributed by atoms with Gasteiger partial charge in [-0.2, -0.15) is 0 Å². The van der Waals surface area contributed by atoms with Gasteiger partial charge in [-0.3, -0.25) is 0 Å². The summed E-state index contributed by atoms with van der Waals surface area (Å²) < 4.78 is 5.36. The summed E-state index contributed by atoms with van der Waals surface area (Å²) in [6.45, 7) is 6.32. The van der Waals surface area contributed by atoms with Gasteiger partial charge < -0.3 is 21.1 Å². The monoisotopic (exact) mass is 291 g/mol. The van der Waals surface area contributed by atoms with Crippen LogP contribution in [0.15, 0.2) is 24.3 Å². The van der Waals surface area contributed by atoms with Gasteiger partial charge in [-0.05, 0) is 42.9 Å². The summed E-state index contributed by atoms with van der Waals surface area (Å²) in [5, 5.41) is 5.81. The number of anilines is 1. The van der Waals surface area contributed by atoms with Crippen molar-refractivity contribution < 1.29 is 9.53 Å². The number of hydrogen-bond donors (Lipinski definition) is 3. The number of carbonyl (C=O) groups is 1. The van der Waals surface area contributed by atoms with Crippen molar-refractivity contribution in [3.05, 3.63) is 29.8 Å². The van der Waals surface area contributed by atoms with Gasteiger partial charge in [0.2, 0.25) is 0 Å². The topological polar surface area (TPSA) is 76.4 Å². The Morgan fingerprint density at radius 3 is 2.81 bits per heavy atom. The fourth-order valence-electron chi connectivity index (χ4n) is 2.41. The molecule has 0 saturated carbocycles. The zero-order valence-electron chi connectivity index (χ0n) is 12.8. The van der Waals surface area contributed by atoms with Gasteiger partial charge in [-0.1, -0.05) is 19.1 Å². The molecule has 2 amide bonds. The largest absolute Gasteiger partial charge is 0.381 e. The Balaban J connectivity index is 1.85. The number of benzene rings is 1. The van der Waals surface area contributed by atoms with E-state index in [9.17, 15) is 4.79 Å². The van der Waals surface area contributed by atoms with Crippen molar-refractivity contribution in [2.75, 3.05) is 25.1 Å². The van der Waals surface area contributed by atoms with Crippen LogP contribution in [0, 0.1) is 5.41 Å². The van der Waals surface area contributed by atoms with Crippen LogP contribution in [0.4, 0.5) is 10.5 Å². The highest BCUT2D eigenvalue weighted by atomic mass is 16.5. The average molecular weight is 291 g/mol. The predicted octanol–water partition coefficient (Wildman–Crippen LogP) is 2.64. The standard InChI is InChI=1S/C16H25N3O2/c1-12(17)13-4-3-5-14(10-13)19-15(20)18-11-16(2)6-8-21-9-7-16/h3-5,10,12H,6-9,11,17H2,1-2H3,(H2,18,19,20). The Morgan fingerprint density at radius 1 is 1.43 bits per heavy atom. The zero-order valence-corrected chi connectivity index (χ0v) is 12.8. The van der Waals surface area contributed by atoms with E-state index in [0.29, 0.717) is 6.54 Å². The summed E-state index contributed by atoms with van der Waals surface area (Å²) >= 11 is 0. The molecule has 116 valence electrons. The highest BCUT2D eigenvalue weighted by Gasteiger charge is 2.27. The zero-order chi connectivity index (χ0) is 15.3. The quantitative estimate of drug-likeness (QED) is 0.798. The number of rotatable bonds is 4. The van der Waals surface area contributed by atoms with E-state index in [-0.39, 0.29) is 17.5 Å². The molecule has 1 fully saturated rings. The Bertz CT molecular complexity index is 482. The summed E-state index contributed by atoms with van der Waals surface area (Å²) in [4.78, 5) is 12.0. The fourth-order valence-corrected chi connectivity index (χ4v) is 2.41. The van der Waals surface area contributed by atoms with Crippen molar-refractivity contribution in [3.63, 3.8) is 0 Å². The van der Waals surface area contributed by atoms with Crippen LogP contribution >= 0.6 is 0 Å². The summed E-state index contributed by atoms with van der Waals surface area (Å²) in [6.07, 6.45) is 1.96. The van der Waals surface area contributed by atoms with Gasteiger partial charge in [0, 0.05) is 31.5 Å². The third-order valence-corrected chi connectivity index (χ3v) is 4.05. The number of carbonyl (C=O) groups excluding carboxylic acids is 1. The van der Waals surface area contributed by atoms with Crippen LogP contribution in [0.25, 0.3) is 0 Å². The number of amides is 2. The summed E-state index contributed by atoms with van der Waals surface area (Å²) in [6, 6.07) is 7.40. The molecule has 0 aliphatic carbocycles. The van der Waals surface area contributed by atoms with E-state index in [1.165, 1.54) is 0 Å². The fraction of sp³-hybridized carbons (Fsp3) is 0.562. The van der Waals surface area contributed by atoms with Crippen molar-refractivity contribution in [2.24, 2.45) is 11.1 Å². The molecule has 4 N–H and O–H groups in total. The highest BCUT2D eigenvalue weighted by molar-refractivity contribution is 5.89. The molecule has 0 aromatic heterocycles. The first kappa shape index (κ1) is 15.8. The van der Waals surface area contributed by atoms with E-state index in [1.54, 1.807) is 0 Å². The number of nitrogens with one attached hydrogen (secondary N) is 2. The van der Waals surface area contributed by atoms with E-state index in [2.05, 4.69) is 17.6 Å². The summed E-state index contributed by atoms with van der Waals surface area (Å²) in [7, 11) is 0. The SMILES string of the molecule is CC(N)c1cccc(NC(=O)NCC2(C)CCOCC2)c1. The third-order valence-electron chi connectivity index (χ3n) is 4.05. The van der Waals surface area contributed by atoms with Gasteiger partial charge in [0.25, 0.3) is 0 Å². The molecular weight excluding hydrogens is 266 g/mol. The van der Waals surface area contributed by atoms with Crippen LogP contribution in [-0.2, 0) is 4.74 Å². The first-order valence-electron chi connectivity index (χ1n) is 7.47. The van der Waals surface area contributed by atoms with Gasteiger partial charge in [0.1, 0.15) is 0 Å². The molecule has 1 atom stereocenters. The lowest BCUT2D eigenvalue weighted by atomic mass is 9.82. The van der Waals surface area contributed by atoms with Crippen LogP contribution < -0.4 is 16.4 Å². The Hall–Kier alpha value is -1.59. The van der Waals surface area contributed by atoms with E-state index in [4.69, 9.17) is 10.5 Å². The second kappa shape index (κ2) is 6.91. The highest BCUT2D eigenvalue weighted by Crippen LogP contribution is 2.28. The first-order chi connectivity index (χ1) is 9.98. The molecule has 1 aliphatic rings. The molecule has 1 unspecified atom stereocenters. The minimum Gasteiger partial charge on any atom is -0.381 e. The minimum absolute atomic E-state index is 0.0454. The maximum atomic E-state index is 12.0. The van der Waals surface area contributed by atoms with Gasteiger partial charge in [-0.25, -0.2) is 4.79 Å². The molecule has 0 bridgehead atoms. The van der Waals surface area contributed by atoms with E-state index >= 15 is 0 Å². The smallest absolute Gasteiger partial charge is 0.319 e. The lowest BCUT2D eigenvalue weighted by molar-refractivity contribution is 0.0254. The van der Waals surface area contributed by atoms with Crippen LogP contribution in [0.2, 0.25) is 0 Å². The normalized spacial score (nSPS) is 18.8. The Kier molecular flexibility index (Phi) is 5.20. The first-order valence-corrected chi connectivity index (χ1v) is 7.47.